The Hall–Kier alpha value is -1.00. The van der Waals surface area contributed by atoms with Gasteiger partial charge in [-0.2, -0.15) is 0 Å². The fraction of sp³-hybridized carbons (Fsp3) is 0.462. The molecular formula is C13H17NO2S. The highest BCUT2D eigenvalue weighted by Crippen LogP contribution is 2.24. The second kappa shape index (κ2) is 4.35. The molecule has 17 heavy (non-hydrogen) atoms. The summed E-state index contributed by atoms with van der Waals surface area (Å²) >= 11 is 4.25. The number of nitrogens with zero attached hydrogens (tertiary/aromatic N) is 1. The van der Waals surface area contributed by atoms with E-state index in [9.17, 15) is 9.90 Å². The smallest absolute Gasteiger partial charge is 0.254 e. The molecule has 1 aliphatic heterocycles. The maximum atomic E-state index is 12.3. The van der Waals surface area contributed by atoms with E-state index in [4.69, 9.17) is 0 Å². The van der Waals surface area contributed by atoms with E-state index in [1.54, 1.807) is 17.9 Å². The Morgan fingerprint density at radius 3 is 2.82 bits per heavy atom. The van der Waals surface area contributed by atoms with Crippen molar-refractivity contribution >= 4 is 18.5 Å². The maximum Gasteiger partial charge on any atom is 0.254 e. The number of β-amino-alcohol motifs (C(OH)–C–C–N with tert-alkyl or cyclic N) is 1. The Balaban J connectivity index is 2.23. The highest BCUT2D eigenvalue weighted by molar-refractivity contribution is 7.80. The minimum absolute atomic E-state index is 0.0174. The molecule has 1 aliphatic rings. The van der Waals surface area contributed by atoms with Crippen LogP contribution in [0.4, 0.5) is 0 Å². The van der Waals surface area contributed by atoms with Crippen LogP contribution in [0.15, 0.2) is 23.1 Å². The van der Waals surface area contributed by atoms with Crippen molar-refractivity contribution in [3.05, 3.63) is 29.3 Å². The van der Waals surface area contributed by atoms with Crippen LogP contribution < -0.4 is 0 Å². The van der Waals surface area contributed by atoms with Crippen LogP contribution in [0.1, 0.15) is 29.3 Å². The van der Waals surface area contributed by atoms with E-state index in [1.165, 1.54) is 0 Å². The van der Waals surface area contributed by atoms with Crippen molar-refractivity contribution < 1.29 is 9.90 Å². The van der Waals surface area contributed by atoms with Gasteiger partial charge in [0, 0.05) is 23.5 Å². The zero-order valence-electron chi connectivity index (χ0n) is 10.1. The van der Waals surface area contributed by atoms with E-state index in [2.05, 4.69) is 12.6 Å². The lowest BCUT2D eigenvalue weighted by Gasteiger charge is -2.20. The van der Waals surface area contributed by atoms with Gasteiger partial charge in [0.25, 0.3) is 5.91 Å². The zero-order chi connectivity index (χ0) is 12.6. The number of carbonyl (C=O) groups excluding carboxylic acids is 1. The second-order valence-electron chi connectivity index (χ2n) is 4.97. The number of rotatable bonds is 1. The third kappa shape index (κ3) is 2.64. The molecule has 1 aromatic rings. The molecule has 3 nitrogen and oxygen atoms in total. The molecule has 0 radical (unpaired) electrons. The number of benzene rings is 1. The summed E-state index contributed by atoms with van der Waals surface area (Å²) in [6.07, 6.45) is 0.637. The molecule has 0 bridgehead atoms. The molecule has 0 spiro atoms. The fourth-order valence-corrected chi connectivity index (χ4v) is 2.33. The SMILES string of the molecule is Cc1ccc(S)cc1C(=O)N1CCC(C)(O)C1. The molecule has 1 N–H and O–H groups in total. The van der Waals surface area contributed by atoms with Gasteiger partial charge in [-0.1, -0.05) is 6.07 Å². The summed E-state index contributed by atoms with van der Waals surface area (Å²) < 4.78 is 0. The van der Waals surface area contributed by atoms with E-state index in [0.29, 0.717) is 25.1 Å². The summed E-state index contributed by atoms with van der Waals surface area (Å²) in [5.41, 5.74) is 0.872. The molecule has 1 unspecified atom stereocenters. The van der Waals surface area contributed by atoms with Gasteiger partial charge in [-0.25, -0.2) is 0 Å². The number of thiol groups is 1. The molecule has 1 amide bonds. The summed E-state index contributed by atoms with van der Waals surface area (Å²) in [4.78, 5) is 14.8. The number of likely N-dealkylation sites (tertiary alicyclic amines) is 1. The molecule has 0 aliphatic carbocycles. The van der Waals surface area contributed by atoms with Crippen molar-refractivity contribution in [1.82, 2.24) is 4.90 Å². The predicted octanol–water partition coefficient (Wildman–Crippen LogP) is 1.88. The van der Waals surface area contributed by atoms with E-state index in [0.717, 1.165) is 10.5 Å². The number of hydrogen-bond acceptors (Lipinski definition) is 3. The Morgan fingerprint density at radius 1 is 1.53 bits per heavy atom. The zero-order valence-corrected chi connectivity index (χ0v) is 11.0. The van der Waals surface area contributed by atoms with E-state index in [-0.39, 0.29) is 5.91 Å². The molecule has 4 heteroatoms. The minimum atomic E-state index is -0.748. The summed E-state index contributed by atoms with van der Waals surface area (Å²) in [6, 6.07) is 5.55. The molecule has 1 atom stereocenters. The van der Waals surface area contributed by atoms with Gasteiger partial charge in [-0.3, -0.25) is 4.79 Å². The van der Waals surface area contributed by atoms with Crippen molar-refractivity contribution in [2.24, 2.45) is 0 Å². The summed E-state index contributed by atoms with van der Waals surface area (Å²) in [5, 5.41) is 9.88. The molecule has 0 aromatic heterocycles. The van der Waals surface area contributed by atoms with Crippen LogP contribution in [0.2, 0.25) is 0 Å². The van der Waals surface area contributed by atoms with Gasteiger partial charge in [0.15, 0.2) is 0 Å². The van der Waals surface area contributed by atoms with E-state index >= 15 is 0 Å². The average Bonchev–Trinajstić information content (AvgIpc) is 2.61. The van der Waals surface area contributed by atoms with Gasteiger partial charge >= 0.3 is 0 Å². The van der Waals surface area contributed by atoms with E-state index < -0.39 is 5.60 Å². The first-order chi connectivity index (χ1) is 7.89. The number of carbonyl (C=O) groups is 1. The first-order valence-corrected chi connectivity index (χ1v) is 6.15. The van der Waals surface area contributed by atoms with Crippen molar-refractivity contribution in [2.75, 3.05) is 13.1 Å². The van der Waals surface area contributed by atoms with Crippen LogP contribution in [-0.4, -0.2) is 34.6 Å². The molecular weight excluding hydrogens is 234 g/mol. The summed E-state index contributed by atoms with van der Waals surface area (Å²) in [5.74, 6) is -0.0174. The topological polar surface area (TPSA) is 40.5 Å². The Labute approximate surface area is 107 Å². The molecule has 0 saturated carbocycles. The average molecular weight is 251 g/mol. The monoisotopic (exact) mass is 251 g/mol. The second-order valence-corrected chi connectivity index (χ2v) is 5.49. The van der Waals surface area contributed by atoms with Gasteiger partial charge in [0.1, 0.15) is 0 Å². The number of aryl methyl sites for hydroxylation is 1. The van der Waals surface area contributed by atoms with Crippen molar-refractivity contribution in [3.63, 3.8) is 0 Å². The van der Waals surface area contributed by atoms with E-state index in [1.807, 2.05) is 19.1 Å². The Bertz CT molecular complexity index is 457. The van der Waals surface area contributed by atoms with Crippen LogP contribution in [0.25, 0.3) is 0 Å². The number of amides is 1. The van der Waals surface area contributed by atoms with Crippen molar-refractivity contribution in [3.8, 4) is 0 Å². The van der Waals surface area contributed by atoms with Gasteiger partial charge < -0.3 is 10.0 Å². The van der Waals surface area contributed by atoms with Gasteiger partial charge in [-0.15, -0.1) is 12.6 Å². The lowest BCUT2D eigenvalue weighted by Crippen LogP contribution is -2.34. The normalized spacial score (nSPS) is 24.1. The quantitative estimate of drug-likeness (QED) is 0.748. The third-order valence-electron chi connectivity index (χ3n) is 3.19. The lowest BCUT2D eigenvalue weighted by atomic mass is 10.1. The lowest BCUT2D eigenvalue weighted by molar-refractivity contribution is 0.0571. The number of hydrogen-bond donors (Lipinski definition) is 2. The molecule has 1 aromatic carbocycles. The minimum Gasteiger partial charge on any atom is -0.388 e. The summed E-state index contributed by atoms with van der Waals surface area (Å²) in [6.45, 7) is 4.70. The Morgan fingerprint density at radius 2 is 2.24 bits per heavy atom. The molecule has 92 valence electrons. The predicted molar refractivity (Wildman–Crippen MR) is 69.6 cm³/mol. The van der Waals surface area contributed by atoms with Gasteiger partial charge in [0.05, 0.1) is 5.60 Å². The van der Waals surface area contributed by atoms with Crippen molar-refractivity contribution in [2.45, 2.75) is 30.8 Å². The van der Waals surface area contributed by atoms with Crippen LogP contribution in [0.3, 0.4) is 0 Å². The van der Waals surface area contributed by atoms with Crippen molar-refractivity contribution in [1.29, 1.82) is 0 Å². The van der Waals surface area contributed by atoms with Crippen LogP contribution in [0, 0.1) is 6.92 Å². The molecule has 1 heterocycles. The van der Waals surface area contributed by atoms with Crippen LogP contribution >= 0.6 is 12.6 Å². The highest BCUT2D eigenvalue weighted by Gasteiger charge is 2.34. The molecule has 2 rings (SSSR count). The molecule has 1 saturated heterocycles. The molecule has 1 fully saturated rings. The third-order valence-corrected chi connectivity index (χ3v) is 3.47. The summed E-state index contributed by atoms with van der Waals surface area (Å²) in [7, 11) is 0. The van der Waals surface area contributed by atoms with Gasteiger partial charge in [-0.05, 0) is 38.0 Å². The highest BCUT2D eigenvalue weighted by atomic mass is 32.1. The van der Waals surface area contributed by atoms with Crippen LogP contribution in [-0.2, 0) is 0 Å². The largest absolute Gasteiger partial charge is 0.388 e. The van der Waals surface area contributed by atoms with Crippen LogP contribution in [0.5, 0.6) is 0 Å². The standard InChI is InChI=1S/C13H17NO2S/c1-9-3-4-10(17)7-11(9)12(15)14-6-5-13(2,16)8-14/h3-4,7,16-17H,5-6,8H2,1-2H3. The fourth-order valence-electron chi connectivity index (χ4n) is 2.13. The number of aliphatic hydroxyl groups is 1. The van der Waals surface area contributed by atoms with Gasteiger partial charge in [0.2, 0.25) is 0 Å². The maximum absolute atomic E-state index is 12.3. The first kappa shape index (κ1) is 12.5. The Kier molecular flexibility index (Phi) is 3.19. The first-order valence-electron chi connectivity index (χ1n) is 5.70.